The first-order valence-corrected chi connectivity index (χ1v) is 7.72. The van der Waals surface area contributed by atoms with Crippen LogP contribution in [0.4, 0.5) is 0 Å². The summed E-state index contributed by atoms with van der Waals surface area (Å²) in [5, 5.41) is 12.2. The van der Waals surface area contributed by atoms with Gasteiger partial charge in [-0.05, 0) is 25.8 Å². The second kappa shape index (κ2) is 6.81. The van der Waals surface area contributed by atoms with Crippen LogP contribution in [0, 0.1) is 12.1 Å². The van der Waals surface area contributed by atoms with E-state index in [0.29, 0.717) is 24.7 Å². The van der Waals surface area contributed by atoms with Crippen LogP contribution in [-0.4, -0.2) is 35.1 Å². The van der Waals surface area contributed by atoms with E-state index in [2.05, 4.69) is 0 Å². The summed E-state index contributed by atoms with van der Waals surface area (Å²) in [6.45, 7) is 5.62. The smallest absolute Gasteiger partial charge is 0.405 e. The average Bonchev–Trinajstić information content (AvgIpc) is 2.82. The molecule has 1 aromatic carbocycles. The highest BCUT2D eigenvalue weighted by Crippen LogP contribution is 2.40. The highest BCUT2D eigenvalue weighted by molar-refractivity contribution is 6.37. The van der Waals surface area contributed by atoms with Gasteiger partial charge in [-0.3, -0.25) is 5.21 Å². The predicted octanol–water partition coefficient (Wildman–Crippen LogP) is 2.28. The van der Waals surface area contributed by atoms with Crippen molar-refractivity contribution in [2.24, 2.45) is 0 Å². The van der Waals surface area contributed by atoms with Gasteiger partial charge in [0.25, 0.3) is 0 Å². The number of nitrogens with zero attached hydrogens (tertiary/aromatic N) is 1. The molecule has 1 aliphatic rings. The lowest BCUT2D eigenvalue weighted by molar-refractivity contribution is -0.747. The average molecular weight is 319 g/mol. The molecule has 1 aliphatic heterocycles. The first kappa shape index (κ1) is 17.0. The fraction of sp³-hybridized carbons (Fsp3) is 0.471. The molecule has 1 aromatic rings. The van der Waals surface area contributed by atoms with Crippen LogP contribution in [0.5, 0.6) is 0 Å². The van der Waals surface area contributed by atoms with Crippen LogP contribution in [0.15, 0.2) is 24.3 Å². The molecule has 2 atom stereocenters. The third kappa shape index (κ3) is 3.06. The van der Waals surface area contributed by atoms with E-state index in [1.54, 1.807) is 19.1 Å². The normalized spacial score (nSPS) is 23.5. The molecule has 124 valence electrons. The van der Waals surface area contributed by atoms with Gasteiger partial charge >= 0.3 is 11.7 Å². The summed E-state index contributed by atoms with van der Waals surface area (Å²) in [5.41, 5.74) is 0.152. The Morgan fingerprint density at radius 3 is 2.57 bits per heavy atom. The van der Waals surface area contributed by atoms with Gasteiger partial charge in [0.15, 0.2) is 5.60 Å². The van der Waals surface area contributed by atoms with Gasteiger partial charge in [-0.2, -0.15) is 0 Å². The lowest BCUT2D eigenvalue weighted by atomic mass is 9.77. The molecule has 0 radical (unpaired) electrons. The zero-order valence-electron chi connectivity index (χ0n) is 13.6. The Morgan fingerprint density at radius 1 is 1.39 bits per heavy atom. The van der Waals surface area contributed by atoms with Gasteiger partial charge in [0.2, 0.25) is 0 Å². The fourth-order valence-electron chi connectivity index (χ4n) is 2.92. The van der Waals surface area contributed by atoms with Gasteiger partial charge in [-0.1, -0.05) is 43.2 Å². The highest BCUT2D eigenvalue weighted by atomic mass is 16.9. The number of hydrogen-bond acceptors (Lipinski definition) is 5. The summed E-state index contributed by atoms with van der Waals surface area (Å²) in [5.74, 6) is -1.54. The molecule has 0 unspecified atom stereocenters. The third-order valence-electron chi connectivity index (χ3n) is 3.95. The minimum absolute atomic E-state index is 0.138. The number of benzene rings is 1. The van der Waals surface area contributed by atoms with Crippen molar-refractivity contribution >= 4 is 18.0 Å². The minimum atomic E-state index is -1.38. The Labute approximate surface area is 135 Å². The lowest BCUT2D eigenvalue weighted by Crippen LogP contribution is -2.41. The molecule has 0 aliphatic carbocycles. The van der Waals surface area contributed by atoms with Crippen molar-refractivity contribution in [1.29, 1.82) is 0 Å². The Kier molecular flexibility index (Phi) is 5.03. The van der Waals surface area contributed by atoms with Crippen LogP contribution in [0.25, 0.3) is 0 Å². The minimum Gasteiger partial charge on any atom is -0.458 e. The molecule has 0 N–H and O–H groups in total. The van der Waals surface area contributed by atoms with E-state index in [1.807, 2.05) is 26.0 Å². The zero-order chi connectivity index (χ0) is 17.0. The standard InChI is InChI=1S/C17H21NO5/c1-4-10-17(11-19)14(13-8-6-12(3)7-9-13)15(18(21)23-17)16(20)22-5-2/h6-9,11,14H,4-5,10H2,1-3H3/t14-,17-/m0/s1. The monoisotopic (exact) mass is 319 g/mol. The highest BCUT2D eigenvalue weighted by Gasteiger charge is 2.55. The van der Waals surface area contributed by atoms with Crippen molar-refractivity contribution in [2.45, 2.75) is 45.1 Å². The van der Waals surface area contributed by atoms with E-state index in [0.717, 1.165) is 5.56 Å². The molecule has 0 aromatic heterocycles. The molecule has 0 bridgehead atoms. The lowest BCUT2D eigenvalue weighted by Gasteiger charge is -2.29. The number of esters is 1. The van der Waals surface area contributed by atoms with E-state index in [-0.39, 0.29) is 17.2 Å². The number of carbonyl (C=O) groups excluding carboxylic acids is 2. The molecule has 0 spiro atoms. The Hall–Kier alpha value is -2.37. The molecule has 6 heteroatoms. The molecule has 2 rings (SSSR count). The van der Waals surface area contributed by atoms with Crippen LogP contribution in [0.2, 0.25) is 0 Å². The number of aldehydes is 1. The molecule has 0 amide bonds. The van der Waals surface area contributed by atoms with Gasteiger partial charge in [0.05, 0.1) is 11.5 Å². The number of aryl methyl sites for hydroxylation is 1. The summed E-state index contributed by atoms with van der Waals surface area (Å²) < 4.78 is 4.97. The number of ether oxygens (including phenoxy) is 1. The van der Waals surface area contributed by atoms with Gasteiger partial charge in [0.1, 0.15) is 12.2 Å². The van der Waals surface area contributed by atoms with Crippen LogP contribution in [0.1, 0.15) is 43.7 Å². The van der Waals surface area contributed by atoms with E-state index >= 15 is 0 Å². The van der Waals surface area contributed by atoms with E-state index in [1.165, 1.54) is 0 Å². The molecule has 23 heavy (non-hydrogen) atoms. The molecule has 1 heterocycles. The molecule has 0 saturated carbocycles. The van der Waals surface area contributed by atoms with Crippen molar-refractivity contribution in [3.8, 4) is 0 Å². The summed E-state index contributed by atoms with van der Waals surface area (Å²) in [4.78, 5) is 29.4. The van der Waals surface area contributed by atoms with Crippen molar-refractivity contribution < 1.29 is 24.1 Å². The van der Waals surface area contributed by atoms with Crippen molar-refractivity contribution in [3.63, 3.8) is 0 Å². The van der Waals surface area contributed by atoms with E-state index in [9.17, 15) is 14.8 Å². The van der Waals surface area contributed by atoms with E-state index < -0.39 is 17.5 Å². The SMILES string of the molecule is CCC[C@@]1(C=O)O[N+]([O-])=C(C(=O)OCC)[C@@H]1c1ccc(C)cc1. The van der Waals surface area contributed by atoms with Crippen LogP contribution >= 0.6 is 0 Å². The maximum absolute atomic E-state index is 12.2. The van der Waals surface area contributed by atoms with Crippen molar-refractivity contribution in [1.82, 2.24) is 0 Å². The fourth-order valence-corrected chi connectivity index (χ4v) is 2.92. The van der Waals surface area contributed by atoms with Gasteiger partial charge < -0.3 is 14.4 Å². The maximum atomic E-state index is 12.2. The van der Waals surface area contributed by atoms with Crippen molar-refractivity contribution in [3.05, 3.63) is 40.6 Å². The number of rotatable bonds is 6. The molecule has 6 nitrogen and oxygen atoms in total. The topological polar surface area (TPSA) is 78.7 Å². The number of carbonyl (C=O) groups is 2. The third-order valence-corrected chi connectivity index (χ3v) is 3.95. The van der Waals surface area contributed by atoms with Crippen LogP contribution in [0.3, 0.4) is 0 Å². The number of hydrogen-bond donors (Lipinski definition) is 0. The van der Waals surface area contributed by atoms with Crippen LogP contribution < -0.4 is 0 Å². The maximum Gasteiger partial charge on any atom is 0.405 e. The first-order valence-electron chi connectivity index (χ1n) is 7.72. The summed E-state index contributed by atoms with van der Waals surface area (Å²) in [6.07, 6.45) is 1.58. The molecular weight excluding hydrogens is 298 g/mol. The van der Waals surface area contributed by atoms with Crippen molar-refractivity contribution in [2.75, 3.05) is 6.61 Å². The Bertz CT molecular complexity index is 622. The molecular formula is C17H21NO5. The van der Waals surface area contributed by atoms with Gasteiger partial charge in [0, 0.05) is 0 Å². The predicted molar refractivity (Wildman–Crippen MR) is 84.0 cm³/mol. The summed E-state index contributed by atoms with van der Waals surface area (Å²) in [7, 11) is 0. The van der Waals surface area contributed by atoms with Gasteiger partial charge in [-0.15, -0.1) is 0 Å². The quantitative estimate of drug-likeness (QED) is 0.456. The largest absolute Gasteiger partial charge is 0.458 e. The summed E-state index contributed by atoms with van der Waals surface area (Å²) in [6, 6.07) is 7.34. The summed E-state index contributed by atoms with van der Waals surface area (Å²) >= 11 is 0. The second-order valence-electron chi connectivity index (χ2n) is 5.62. The second-order valence-corrected chi connectivity index (χ2v) is 5.62. The van der Waals surface area contributed by atoms with Crippen LogP contribution in [-0.2, 0) is 19.2 Å². The Morgan fingerprint density at radius 2 is 2.04 bits per heavy atom. The van der Waals surface area contributed by atoms with E-state index in [4.69, 9.17) is 9.57 Å². The van der Waals surface area contributed by atoms with Gasteiger partial charge in [-0.25, -0.2) is 4.79 Å². The zero-order valence-corrected chi connectivity index (χ0v) is 13.6. The Balaban J connectivity index is 2.55. The molecule has 0 saturated heterocycles. The first-order chi connectivity index (χ1) is 11.0. The molecule has 0 fully saturated rings.